The molecule has 0 spiro atoms. The fourth-order valence-electron chi connectivity index (χ4n) is 5.74. The predicted octanol–water partition coefficient (Wildman–Crippen LogP) is 9.40. The van der Waals surface area contributed by atoms with Crippen LogP contribution in [0, 0.1) is 36.3 Å². The molecule has 0 fully saturated rings. The van der Waals surface area contributed by atoms with Crippen molar-refractivity contribution in [2.24, 2.45) is 22.1 Å². The second-order valence-corrected chi connectivity index (χ2v) is 12.7. The molecule has 12 nitrogen and oxygen atoms in total. The number of esters is 2. The van der Waals surface area contributed by atoms with Gasteiger partial charge in [0.25, 0.3) is 5.70 Å². The van der Waals surface area contributed by atoms with Gasteiger partial charge < -0.3 is 19.7 Å². The zero-order valence-corrected chi connectivity index (χ0v) is 31.6. The molecule has 1 aliphatic heterocycles. The third kappa shape index (κ3) is 12.6. The molecule has 12 heteroatoms. The lowest BCUT2D eigenvalue weighted by Gasteiger charge is -2.25. The molecule has 2 unspecified atom stereocenters. The van der Waals surface area contributed by atoms with Crippen molar-refractivity contribution in [1.29, 1.82) is 5.26 Å². The van der Waals surface area contributed by atoms with Crippen LogP contribution in [0.1, 0.15) is 84.6 Å². The summed E-state index contributed by atoms with van der Waals surface area (Å²) in [6.45, 7) is 24.1. The highest BCUT2D eigenvalue weighted by Gasteiger charge is 2.28. The van der Waals surface area contributed by atoms with Gasteiger partial charge in [-0.05, 0) is 67.6 Å². The Bertz CT molecular complexity index is 1790. The molecule has 1 amide bonds. The fourth-order valence-corrected chi connectivity index (χ4v) is 5.74. The van der Waals surface area contributed by atoms with Crippen LogP contribution >= 0.6 is 0 Å². The van der Waals surface area contributed by atoms with Gasteiger partial charge in [0.2, 0.25) is 11.6 Å². The number of amides is 1. The summed E-state index contributed by atoms with van der Waals surface area (Å²) in [4.78, 5) is 46.4. The van der Waals surface area contributed by atoms with Gasteiger partial charge in [-0.1, -0.05) is 77.7 Å². The number of hydrogen-bond donors (Lipinski definition) is 1. The molecule has 0 aromatic heterocycles. The van der Waals surface area contributed by atoms with Gasteiger partial charge in [-0.2, -0.15) is 10.2 Å². The maximum atomic E-state index is 12.7. The zero-order chi connectivity index (χ0) is 39.3. The summed E-state index contributed by atoms with van der Waals surface area (Å²) in [6, 6.07) is 16.3. The zero-order valence-electron chi connectivity index (χ0n) is 31.6. The molecule has 1 aliphatic rings. The van der Waals surface area contributed by atoms with Crippen LogP contribution in [0.25, 0.3) is 15.8 Å². The van der Waals surface area contributed by atoms with Crippen LogP contribution in [0.3, 0.4) is 0 Å². The summed E-state index contributed by atoms with van der Waals surface area (Å²) in [5, 5.41) is 20.3. The number of unbranched alkanes of at least 4 members (excludes halogenated alkanes) is 2. The van der Waals surface area contributed by atoms with Gasteiger partial charge in [0.15, 0.2) is 0 Å². The Morgan fingerprint density at radius 1 is 0.852 bits per heavy atom. The lowest BCUT2D eigenvalue weighted by Crippen LogP contribution is -2.33. The minimum absolute atomic E-state index is 0.0685. The number of benzene rings is 2. The molecule has 2 atom stereocenters. The molecule has 1 heterocycles. The molecule has 2 aromatic rings. The smallest absolute Gasteiger partial charge is 0.308 e. The fraction of sp³-hybridized carbons (Fsp3) is 0.429. The SMILES string of the molecule is [C-]#[N+]C1=C(/C=C/c2ccc(N=Nc3ccc(N(CCOC(=O)C(CC)CCCC)CCOC(=O)C(CC)CCCC)cc3)cc2)C(=O)N/C1=C(\C#N)[N+]#[C-]. The van der Waals surface area contributed by atoms with E-state index < -0.39 is 5.91 Å². The Balaban J connectivity index is 1.68. The molecule has 54 heavy (non-hydrogen) atoms. The third-order valence-electron chi connectivity index (χ3n) is 9.05. The van der Waals surface area contributed by atoms with E-state index in [0.29, 0.717) is 24.5 Å². The Morgan fingerprint density at radius 2 is 1.37 bits per heavy atom. The van der Waals surface area contributed by atoms with Crippen LogP contribution in [-0.2, 0) is 23.9 Å². The van der Waals surface area contributed by atoms with Gasteiger partial charge in [0, 0.05) is 11.3 Å². The van der Waals surface area contributed by atoms with Crippen molar-refractivity contribution in [3.05, 3.63) is 106 Å². The molecule has 2 aromatic carbocycles. The largest absolute Gasteiger partial charge is 0.464 e. The van der Waals surface area contributed by atoms with Gasteiger partial charge in [-0.25, -0.2) is 15.0 Å². The van der Waals surface area contributed by atoms with Crippen molar-refractivity contribution in [3.63, 3.8) is 0 Å². The van der Waals surface area contributed by atoms with Crippen molar-refractivity contribution in [2.75, 3.05) is 31.2 Å². The number of nitrogens with zero attached hydrogens (tertiary/aromatic N) is 6. The lowest BCUT2D eigenvalue weighted by atomic mass is 10.00. The van der Waals surface area contributed by atoms with Gasteiger partial charge >= 0.3 is 11.9 Å². The Morgan fingerprint density at radius 3 is 1.81 bits per heavy atom. The molecule has 0 saturated heterocycles. The van der Waals surface area contributed by atoms with Gasteiger partial charge in [0.05, 0.1) is 61.2 Å². The number of anilines is 1. The number of carbonyl (C=O) groups excluding carboxylic acids is 3. The van der Waals surface area contributed by atoms with E-state index in [-0.39, 0.29) is 59.7 Å². The number of ether oxygens (including phenoxy) is 2. The van der Waals surface area contributed by atoms with E-state index in [4.69, 9.17) is 27.9 Å². The highest BCUT2D eigenvalue weighted by atomic mass is 16.5. The van der Waals surface area contributed by atoms with Crippen molar-refractivity contribution in [1.82, 2.24) is 5.32 Å². The van der Waals surface area contributed by atoms with Crippen molar-refractivity contribution < 1.29 is 23.9 Å². The average Bonchev–Trinajstić information content (AvgIpc) is 3.51. The van der Waals surface area contributed by atoms with Crippen LogP contribution < -0.4 is 10.2 Å². The molecule has 0 radical (unpaired) electrons. The Kier molecular flexibility index (Phi) is 17.9. The summed E-state index contributed by atoms with van der Waals surface area (Å²) < 4.78 is 11.4. The number of rotatable bonds is 21. The summed E-state index contributed by atoms with van der Waals surface area (Å²) in [5.41, 5.74) is 2.40. The summed E-state index contributed by atoms with van der Waals surface area (Å²) in [5.74, 6) is -1.12. The van der Waals surface area contributed by atoms with Crippen molar-refractivity contribution in [3.8, 4) is 6.07 Å². The Labute approximate surface area is 318 Å². The summed E-state index contributed by atoms with van der Waals surface area (Å²) in [6.07, 6.45) is 10.3. The van der Waals surface area contributed by atoms with Crippen LogP contribution in [0.4, 0.5) is 17.1 Å². The monoisotopic (exact) mass is 731 g/mol. The molecule has 0 bridgehead atoms. The van der Waals surface area contributed by atoms with E-state index in [2.05, 4.69) is 39.1 Å². The standard InChI is InChI=1S/C42H49N7O5/c1-7-11-13-31(9-3)41(51)53-27-25-49(26-28-54-42(52)32(10-4)14-12-8-2)35-22-20-34(21-23-35)48-47-33-18-15-30(16-19-33)17-24-36-38(45-6)39(46-40(36)50)37(29-43)44-5/h15-24,31-32H,7-14,25-28H2,1-4H3,(H,46,50)/b24-17+,39-37+,48-47?. The predicted molar refractivity (Wildman–Crippen MR) is 208 cm³/mol. The normalized spacial score (nSPS) is 14.6. The first-order chi connectivity index (χ1) is 26.2. The number of nitriles is 1. The maximum Gasteiger partial charge on any atom is 0.308 e. The van der Waals surface area contributed by atoms with Gasteiger partial charge in [-0.15, -0.1) is 0 Å². The van der Waals surface area contributed by atoms with Crippen LogP contribution in [0.15, 0.2) is 87.5 Å². The van der Waals surface area contributed by atoms with Crippen molar-refractivity contribution in [2.45, 2.75) is 79.1 Å². The molecule has 1 N–H and O–H groups in total. The summed E-state index contributed by atoms with van der Waals surface area (Å²) in [7, 11) is 0. The topological polar surface area (TPSA) is 142 Å². The van der Waals surface area contributed by atoms with E-state index in [1.165, 1.54) is 6.08 Å². The first-order valence-electron chi connectivity index (χ1n) is 18.6. The first-order valence-corrected chi connectivity index (χ1v) is 18.6. The molecular weight excluding hydrogens is 683 g/mol. The molecule has 0 saturated carbocycles. The average molecular weight is 732 g/mol. The van der Waals surface area contributed by atoms with Crippen LogP contribution in [0.2, 0.25) is 0 Å². The highest BCUT2D eigenvalue weighted by molar-refractivity contribution is 6.04. The minimum Gasteiger partial charge on any atom is -0.464 e. The summed E-state index contributed by atoms with van der Waals surface area (Å²) >= 11 is 0. The molecule has 0 aliphatic carbocycles. The first kappa shape index (κ1) is 42.4. The molecule has 282 valence electrons. The van der Waals surface area contributed by atoms with Crippen LogP contribution in [-0.4, -0.2) is 44.1 Å². The quantitative estimate of drug-likeness (QED) is 0.0583. The number of hydrogen-bond acceptors (Lipinski definition) is 9. The van der Waals surface area contributed by atoms with Gasteiger partial charge in [-0.3, -0.25) is 14.4 Å². The lowest BCUT2D eigenvalue weighted by molar-refractivity contribution is -0.149. The maximum absolute atomic E-state index is 12.7. The van der Waals surface area contributed by atoms with E-state index in [1.54, 1.807) is 36.4 Å². The highest BCUT2D eigenvalue weighted by Crippen LogP contribution is 2.28. The van der Waals surface area contributed by atoms with Gasteiger partial charge in [0.1, 0.15) is 13.2 Å². The second-order valence-electron chi connectivity index (χ2n) is 12.7. The van der Waals surface area contributed by atoms with E-state index in [9.17, 15) is 14.4 Å². The van der Waals surface area contributed by atoms with E-state index in [0.717, 1.165) is 62.6 Å². The second kappa shape index (κ2) is 22.8. The van der Waals surface area contributed by atoms with E-state index >= 15 is 0 Å². The van der Waals surface area contributed by atoms with Crippen LogP contribution in [0.5, 0.6) is 0 Å². The number of allylic oxidation sites excluding steroid dienone is 1. The third-order valence-corrected chi connectivity index (χ3v) is 9.05. The Hall–Kier alpha value is -6.06. The number of carbonyl (C=O) groups is 3. The number of nitrogens with one attached hydrogen (secondary N) is 1. The van der Waals surface area contributed by atoms with E-state index in [1.807, 2.05) is 43.0 Å². The molecular formula is C42H49N7O5. The number of azo groups is 1. The van der Waals surface area contributed by atoms with Crippen molar-refractivity contribution >= 4 is 41.0 Å². The minimum atomic E-state index is -0.555. The molecule has 3 rings (SSSR count).